The molecule has 0 saturated carbocycles. The molecule has 0 aliphatic heterocycles. The second kappa shape index (κ2) is 11.2. The van der Waals surface area contributed by atoms with Gasteiger partial charge < -0.3 is 8.83 Å². The minimum Gasteiger partial charge on any atom is -0.453 e. The Bertz CT molecular complexity index is 3560. The Labute approximate surface area is 337 Å². The summed E-state index contributed by atoms with van der Waals surface area (Å²) in [4.78, 5) is 9.76. The lowest BCUT2D eigenvalue weighted by Gasteiger charge is -2.31. The zero-order chi connectivity index (χ0) is 38.4. The van der Waals surface area contributed by atoms with Crippen LogP contribution in [0.4, 0.5) is 0 Å². The number of fused-ring (bicyclic) bond motifs is 20. The quantitative estimate of drug-likeness (QED) is 0.177. The monoisotopic (exact) mass is 750 g/mol. The van der Waals surface area contributed by atoms with Crippen LogP contribution in [0.25, 0.3) is 110 Å². The molecule has 0 fully saturated rings. The Kier molecular flexibility index (Phi) is 5.93. The fourth-order valence-corrected chi connectivity index (χ4v) is 10.7. The summed E-state index contributed by atoms with van der Waals surface area (Å²) in [6.07, 6.45) is 3.84. The molecule has 14 rings (SSSR count). The summed E-state index contributed by atoms with van der Waals surface area (Å²) in [6.45, 7) is 0. The number of pyridine rings is 2. The lowest BCUT2D eigenvalue weighted by molar-refractivity contribution is 0.672. The molecule has 2 aliphatic carbocycles. The molecule has 4 heteroatoms. The van der Waals surface area contributed by atoms with Crippen LogP contribution in [-0.2, 0) is 5.41 Å². The van der Waals surface area contributed by atoms with Crippen molar-refractivity contribution < 1.29 is 8.83 Å². The van der Waals surface area contributed by atoms with Gasteiger partial charge in [0.1, 0.15) is 22.2 Å². The molecule has 0 radical (unpaired) electrons. The molecular weight excluding hydrogens is 721 g/mol. The Balaban J connectivity index is 1.03. The molecule has 0 unspecified atom stereocenters. The number of furan rings is 2. The van der Waals surface area contributed by atoms with Crippen molar-refractivity contribution in [1.82, 2.24) is 9.97 Å². The van der Waals surface area contributed by atoms with Gasteiger partial charge in [0.05, 0.1) is 5.41 Å². The second-order valence-electron chi connectivity index (χ2n) is 16.0. The smallest absolute Gasteiger partial charge is 0.161 e. The van der Waals surface area contributed by atoms with Crippen LogP contribution in [-0.4, -0.2) is 9.97 Å². The predicted molar refractivity (Wildman–Crippen MR) is 239 cm³/mol. The summed E-state index contributed by atoms with van der Waals surface area (Å²) >= 11 is 0. The van der Waals surface area contributed by atoms with E-state index < -0.39 is 5.41 Å². The van der Waals surface area contributed by atoms with Crippen LogP contribution in [0.3, 0.4) is 0 Å². The van der Waals surface area contributed by atoms with Gasteiger partial charge in [0, 0.05) is 45.1 Å². The lowest BCUT2D eigenvalue weighted by atomic mass is 9.70. The van der Waals surface area contributed by atoms with Crippen LogP contribution in [0.5, 0.6) is 0 Å². The average molecular weight is 751 g/mol. The van der Waals surface area contributed by atoms with Gasteiger partial charge in [-0.1, -0.05) is 133 Å². The molecule has 0 amide bonds. The van der Waals surface area contributed by atoms with Gasteiger partial charge in [0.2, 0.25) is 0 Å². The average Bonchev–Trinajstić information content (AvgIpc) is 4.04. The highest BCUT2D eigenvalue weighted by atomic mass is 16.3. The van der Waals surface area contributed by atoms with E-state index in [0.29, 0.717) is 0 Å². The van der Waals surface area contributed by atoms with Gasteiger partial charge in [-0.05, 0) is 103 Å². The van der Waals surface area contributed by atoms with Crippen molar-refractivity contribution in [3.8, 4) is 44.5 Å². The third-order valence-corrected chi connectivity index (χ3v) is 13.2. The lowest BCUT2D eigenvalue weighted by Crippen LogP contribution is -2.26. The maximum absolute atomic E-state index is 6.83. The third kappa shape index (κ3) is 3.93. The van der Waals surface area contributed by atoms with Crippen LogP contribution >= 0.6 is 0 Å². The summed E-state index contributed by atoms with van der Waals surface area (Å²) in [5, 5.41) is 6.54. The van der Waals surface area contributed by atoms with Gasteiger partial charge in [0.25, 0.3) is 0 Å². The number of rotatable bonds is 2. The summed E-state index contributed by atoms with van der Waals surface area (Å²) in [5.41, 5.74) is 18.9. The van der Waals surface area contributed by atoms with E-state index in [1.54, 1.807) is 0 Å². The highest BCUT2D eigenvalue weighted by Gasteiger charge is 2.51. The maximum Gasteiger partial charge on any atom is 0.161 e. The summed E-state index contributed by atoms with van der Waals surface area (Å²) in [5.74, 6) is 0. The maximum atomic E-state index is 6.83. The first-order valence-electron chi connectivity index (χ1n) is 20.1. The fraction of sp³-hybridized carbons (Fsp3) is 0.0182. The van der Waals surface area contributed by atoms with Crippen LogP contribution in [0.15, 0.2) is 191 Å². The Hall–Kier alpha value is -7.82. The van der Waals surface area contributed by atoms with Gasteiger partial charge in [-0.3, -0.25) is 9.97 Å². The van der Waals surface area contributed by atoms with Crippen LogP contribution in [0.1, 0.15) is 22.3 Å². The van der Waals surface area contributed by atoms with Crippen LogP contribution < -0.4 is 0 Å². The van der Waals surface area contributed by atoms with Crippen molar-refractivity contribution in [2.24, 2.45) is 0 Å². The van der Waals surface area contributed by atoms with Gasteiger partial charge in [-0.2, -0.15) is 0 Å². The zero-order valence-corrected chi connectivity index (χ0v) is 31.5. The van der Waals surface area contributed by atoms with Gasteiger partial charge >= 0.3 is 0 Å². The molecule has 0 N–H and O–H groups in total. The number of hydrogen-bond acceptors (Lipinski definition) is 4. The zero-order valence-electron chi connectivity index (χ0n) is 31.5. The SMILES string of the molecule is c1ccc2c(c1)-c1ccccc1C21c2cc(-c3ccnc4c3oc3c5ccccc5ccc43)ccc2-c2ccc(-c3ccnc4c3oc3c5ccccc5ccc43)cc21. The molecule has 4 aromatic heterocycles. The molecule has 0 atom stereocenters. The van der Waals surface area contributed by atoms with Crippen molar-refractivity contribution in [3.05, 3.63) is 205 Å². The highest BCUT2D eigenvalue weighted by Crippen LogP contribution is 2.63. The first-order valence-corrected chi connectivity index (χ1v) is 20.1. The molecular formula is C55H30N2O2. The minimum absolute atomic E-state index is 0.559. The highest BCUT2D eigenvalue weighted by molar-refractivity contribution is 6.17. The van der Waals surface area contributed by atoms with Crippen molar-refractivity contribution in [2.45, 2.75) is 5.41 Å². The topological polar surface area (TPSA) is 52.1 Å². The molecule has 0 saturated heterocycles. The predicted octanol–water partition coefficient (Wildman–Crippen LogP) is 14.3. The van der Waals surface area contributed by atoms with E-state index in [1.165, 1.54) is 44.5 Å². The van der Waals surface area contributed by atoms with E-state index in [2.05, 4.69) is 170 Å². The van der Waals surface area contributed by atoms with E-state index >= 15 is 0 Å². The largest absolute Gasteiger partial charge is 0.453 e. The molecule has 59 heavy (non-hydrogen) atoms. The number of nitrogens with zero attached hydrogens (tertiary/aromatic N) is 2. The number of aromatic nitrogens is 2. The summed E-state index contributed by atoms with van der Waals surface area (Å²) in [7, 11) is 0. The molecule has 12 aromatic rings. The Morgan fingerprint density at radius 1 is 0.322 bits per heavy atom. The van der Waals surface area contributed by atoms with Gasteiger partial charge in [-0.15, -0.1) is 0 Å². The minimum atomic E-state index is -0.559. The van der Waals surface area contributed by atoms with Crippen molar-refractivity contribution in [1.29, 1.82) is 0 Å². The van der Waals surface area contributed by atoms with E-state index in [0.717, 1.165) is 87.9 Å². The first-order chi connectivity index (χ1) is 29.3. The second-order valence-corrected chi connectivity index (χ2v) is 16.0. The van der Waals surface area contributed by atoms with E-state index in [1.807, 2.05) is 12.4 Å². The molecule has 4 nitrogen and oxygen atoms in total. The molecule has 272 valence electrons. The van der Waals surface area contributed by atoms with E-state index in [4.69, 9.17) is 18.8 Å². The molecule has 8 aromatic carbocycles. The fourth-order valence-electron chi connectivity index (χ4n) is 10.7. The van der Waals surface area contributed by atoms with E-state index in [-0.39, 0.29) is 0 Å². The molecule has 0 bridgehead atoms. The van der Waals surface area contributed by atoms with Crippen LogP contribution in [0.2, 0.25) is 0 Å². The normalized spacial score (nSPS) is 13.6. The summed E-state index contributed by atoms with van der Waals surface area (Å²) in [6, 6.07) is 61.5. The first kappa shape index (κ1) is 31.3. The molecule has 4 heterocycles. The Morgan fingerprint density at radius 2 is 0.763 bits per heavy atom. The standard InChI is InChI=1S/C55H30N2O2/c1-3-11-35-31(9-1)17-23-43-49-53(58-51(35)43)37(25-27-56-49)33-19-21-41-42-22-20-34(38-26-28-57-50-44-24-18-32-10-2-4-12-36(32)52(44)59-54(38)50)30-48(42)55(47(41)29-33)45-15-7-5-13-39(45)40-14-6-8-16-46(40)55/h1-30H. The Morgan fingerprint density at radius 3 is 1.27 bits per heavy atom. The van der Waals surface area contributed by atoms with Crippen molar-refractivity contribution in [3.63, 3.8) is 0 Å². The van der Waals surface area contributed by atoms with Gasteiger partial charge in [-0.25, -0.2) is 0 Å². The third-order valence-electron chi connectivity index (χ3n) is 13.2. The molecule has 1 spiro atoms. The number of benzene rings is 8. The van der Waals surface area contributed by atoms with Crippen molar-refractivity contribution in [2.75, 3.05) is 0 Å². The number of hydrogen-bond donors (Lipinski definition) is 0. The van der Waals surface area contributed by atoms with Crippen LogP contribution in [0, 0.1) is 0 Å². The van der Waals surface area contributed by atoms with Crippen molar-refractivity contribution >= 4 is 65.7 Å². The molecule has 2 aliphatic rings. The summed E-state index contributed by atoms with van der Waals surface area (Å²) < 4.78 is 13.7. The van der Waals surface area contributed by atoms with Gasteiger partial charge in [0.15, 0.2) is 11.2 Å². The van der Waals surface area contributed by atoms with E-state index in [9.17, 15) is 0 Å².